The van der Waals surface area contributed by atoms with Gasteiger partial charge in [-0.25, -0.2) is 0 Å². The van der Waals surface area contributed by atoms with Crippen LogP contribution in [0.2, 0.25) is 0 Å². The number of primary amides is 1. The van der Waals surface area contributed by atoms with Gasteiger partial charge in [0, 0.05) is 19.6 Å². The number of rotatable bonds is 5. The Balaban J connectivity index is 2.04. The number of hydrogen-bond donors (Lipinski definition) is 2. The van der Waals surface area contributed by atoms with E-state index in [0.717, 1.165) is 5.56 Å². The summed E-state index contributed by atoms with van der Waals surface area (Å²) in [5, 5.41) is 3.05. The van der Waals surface area contributed by atoms with Gasteiger partial charge in [-0.1, -0.05) is 30.3 Å². The zero-order valence-corrected chi connectivity index (χ0v) is 10.1. The maximum Gasteiger partial charge on any atom is 0.237 e. The van der Waals surface area contributed by atoms with Crippen LogP contribution in [0.4, 0.5) is 0 Å². The normalized spacial score (nSPS) is 14.9. The second kappa shape index (κ2) is 5.64. The van der Waals surface area contributed by atoms with E-state index in [4.69, 9.17) is 5.73 Å². The first kappa shape index (κ1) is 12.6. The van der Waals surface area contributed by atoms with Crippen molar-refractivity contribution in [1.82, 2.24) is 10.2 Å². The SMILES string of the molecule is NC(=O)CN(Cc1ccccc1)C(=O)C1CNC1. The summed E-state index contributed by atoms with van der Waals surface area (Å²) < 4.78 is 0. The molecule has 3 N–H and O–H groups in total. The van der Waals surface area contributed by atoms with Crippen LogP contribution in [0.5, 0.6) is 0 Å². The summed E-state index contributed by atoms with van der Waals surface area (Å²) >= 11 is 0. The molecule has 0 bridgehead atoms. The highest BCUT2D eigenvalue weighted by Gasteiger charge is 2.29. The van der Waals surface area contributed by atoms with E-state index in [9.17, 15) is 9.59 Å². The lowest BCUT2D eigenvalue weighted by Gasteiger charge is -2.31. The molecule has 1 aromatic carbocycles. The molecule has 2 rings (SSSR count). The lowest BCUT2D eigenvalue weighted by atomic mass is 10.0. The van der Waals surface area contributed by atoms with Gasteiger partial charge in [-0.3, -0.25) is 9.59 Å². The number of carbonyl (C=O) groups excluding carboxylic acids is 2. The molecule has 0 unspecified atom stereocenters. The van der Waals surface area contributed by atoms with Crippen molar-refractivity contribution in [2.75, 3.05) is 19.6 Å². The van der Waals surface area contributed by atoms with Crippen molar-refractivity contribution in [3.05, 3.63) is 35.9 Å². The Morgan fingerprint density at radius 3 is 2.44 bits per heavy atom. The number of hydrogen-bond acceptors (Lipinski definition) is 3. The summed E-state index contributed by atoms with van der Waals surface area (Å²) in [5.41, 5.74) is 6.20. The van der Waals surface area contributed by atoms with Gasteiger partial charge in [-0.05, 0) is 5.56 Å². The smallest absolute Gasteiger partial charge is 0.237 e. The first-order chi connectivity index (χ1) is 8.66. The van der Waals surface area contributed by atoms with Gasteiger partial charge in [0.05, 0.1) is 12.5 Å². The fourth-order valence-electron chi connectivity index (χ4n) is 1.93. The Kier molecular flexibility index (Phi) is 3.94. The third kappa shape index (κ3) is 3.07. The first-order valence-electron chi connectivity index (χ1n) is 5.98. The average molecular weight is 247 g/mol. The van der Waals surface area contributed by atoms with Crippen LogP contribution in [0.15, 0.2) is 30.3 Å². The molecule has 1 saturated heterocycles. The molecule has 1 heterocycles. The molecule has 0 spiro atoms. The molecule has 96 valence electrons. The molecule has 5 nitrogen and oxygen atoms in total. The molecule has 0 atom stereocenters. The molecule has 0 aromatic heterocycles. The summed E-state index contributed by atoms with van der Waals surface area (Å²) in [5.74, 6) is -0.504. The maximum atomic E-state index is 12.1. The Labute approximate surface area is 106 Å². The van der Waals surface area contributed by atoms with Crippen LogP contribution < -0.4 is 11.1 Å². The molecular weight excluding hydrogens is 230 g/mol. The summed E-state index contributed by atoms with van der Waals surface area (Å²) in [6, 6.07) is 9.60. The molecule has 1 aromatic rings. The van der Waals surface area contributed by atoms with Gasteiger partial charge in [0.1, 0.15) is 0 Å². The Morgan fingerprint density at radius 2 is 1.94 bits per heavy atom. The van der Waals surface area contributed by atoms with Crippen LogP contribution in [0.1, 0.15) is 5.56 Å². The average Bonchev–Trinajstić information content (AvgIpc) is 2.26. The van der Waals surface area contributed by atoms with Gasteiger partial charge >= 0.3 is 0 Å². The van der Waals surface area contributed by atoms with E-state index >= 15 is 0 Å². The number of benzene rings is 1. The summed E-state index contributed by atoms with van der Waals surface area (Å²) in [6.07, 6.45) is 0. The van der Waals surface area contributed by atoms with Crippen LogP contribution in [0, 0.1) is 5.92 Å². The second-order valence-corrected chi connectivity index (χ2v) is 4.50. The largest absolute Gasteiger partial charge is 0.368 e. The fraction of sp³-hybridized carbons (Fsp3) is 0.385. The third-order valence-electron chi connectivity index (χ3n) is 3.01. The van der Waals surface area contributed by atoms with E-state index < -0.39 is 5.91 Å². The predicted molar refractivity (Wildman–Crippen MR) is 67.4 cm³/mol. The van der Waals surface area contributed by atoms with Crippen LogP contribution in [-0.4, -0.2) is 36.3 Å². The second-order valence-electron chi connectivity index (χ2n) is 4.50. The van der Waals surface area contributed by atoms with Crippen molar-refractivity contribution < 1.29 is 9.59 Å². The van der Waals surface area contributed by atoms with E-state index in [2.05, 4.69) is 5.32 Å². The van der Waals surface area contributed by atoms with Crippen molar-refractivity contribution >= 4 is 11.8 Å². The quantitative estimate of drug-likeness (QED) is 0.751. The maximum absolute atomic E-state index is 12.1. The number of nitrogens with one attached hydrogen (secondary N) is 1. The minimum absolute atomic E-state index is 0.00333. The van der Waals surface area contributed by atoms with Crippen molar-refractivity contribution in [2.45, 2.75) is 6.54 Å². The zero-order valence-electron chi connectivity index (χ0n) is 10.1. The van der Waals surface area contributed by atoms with Crippen molar-refractivity contribution in [3.63, 3.8) is 0 Å². The van der Waals surface area contributed by atoms with Gasteiger partial charge in [0.2, 0.25) is 11.8 Å². The van der Waals surface area contributed by atoms with Gasteiger partial charge in [0.15, 0.2) is 0 Å². The highest BCUT2D eigenvalue weighted by molar-refractivity contribution is 5.85. The highest BCUT2D eigenvalue weighted by atomic mass is 16.2. The minimum Gasteiger partial charge on any atom is -0.368 e. The monoisotopic (exact) mass is 247 g/mol. The minimum atomic E-state index is -0.480. The van der Waals surface area contributed by atoms with Crippen LogP contribution >= 0.6 is 0 Å². The van der Waals surface area contributed by atoms with Gasteiger partial charge < -0.3 is 16.0 Å². The molecule has 0 saturated carbocycles. The van der Waals surface area contributed by atoms with E-state index in [1.54, 1.807) is 0 Å². The van der Waals surface area contributed by atoms with Gasteiger partial charge in [0.25, 0.3) is 0 Å². The fourth-order valence-corrected chi connectivity index (χ4v) is 1.93. The Hall–Kier alpha value is -1.88. The zero-order chi connectivity index (χ0) is 13.0. The van der Waals surface area contributed by atoms with E-state index in [-0.39, 0.29) is 18.4 Å². The summed E-state index contributed by atoms with van der Waals surface area (Å²) in [6.45, 7) is 1.77. The summed E-state index contributed by atoms with van der Waals surface area (Å²) in [7, 11) is 0. The molecule has 18 heavy (non-hydrogen) atoms. The van der Waals surface area contributed by atoms with Crippen LogP contribution in [0.25, 0.3) is 0 Å². The standard InChI is InChI=1S/C13H17N3O2/c14-12(17)9-16(13(18)11-6-15-7-11)8-10-4-2-1-3-5-10/h1-5,11,15H,6-9H2,(H2,14,17). The van der Waals surface area contributed by atoms with Crippen molar-refractivity contribution in [1.29, 1.82) is 0 Å². The molecule has 0 aliphatic carbocycles. The molecule has 1 fully saturated rings. The van der Waals surface area contributed by atoms with Crippen molar-refractivity contribution in [2.24, 2.45) is 11.7 Å². The Morgan fingerprint density at radius 1 is 1.28 bits per heavy atom. The topological polar surface area (TPSA) is 75.4 Å². The molecule has 1 aliphatic heterocycles. The van der Waals surface area contributed by atoms with E-state index in [1.807, 2.05) is 30.3 Å². The molecule has 5 heteroatoms. The van der Waals surface area contributed by atoms with E-state index in [1.165, 1.54) is 4.90 Å². The first-order valence-corrected chi connectivity index (χ1v) is 5.98. The molecule has 1 aliphatic rings. The number of nitrogens with zero attached hydrogens (tertiary/aromatic N) is 1. The molecule has 0 radical (unpaired) electrons. The number of carbonyl (C=O) groups is 2. The molecule has 2 amide bonds. The third-order valence-corrected chi connectivity index (χ3v) is 3.01. The van der Waals surface area contributed by atoms with E-state index in [0.29, 0.717) is 19.6 Å². The lowest BCUT2D eigenvalue weighted by molar-refractivity contribution is -0.140. The van der Waals surface area contributed by atoms with Crippen molar-refractivity contribution in [3.8, 4) is 0 Å². The number of nitrogens with two attached hydrogens (primary N) is 1. The Bertz CT molecular complexity index is 429. The van der Waals surface area contributed by atoms with Gasteiger partial charge in [-0.15, -0.1) is 0 Å². The van der Waals surface area contributed by atoms with Crippen LogP contribution in [0.3, 0.4) is 0 Å². The highest BCUT2D eigenvalue weighted by Crippen LogP contribution is 2.11. The predicted octanol–water partition coefficient (Wildman–Crippen LogP) is -0.280. The number of amides is 2. The molecular formula is C13H17N3O2. The van der Waals surface area contributed by atoms with Gasteiger partial charge in [-0.2, -0.15) is 0 Å². The lowest BCUT2D eigenvalue weighted by Crippen LogP contribution is -2.53. The van der Waals surface area contributed by atoms with Crippen LogP contribution in [-0.2, 0) is 16.1 Å². The summed E-state index contributed by atoms with van der Waals surface area (Å²) in [4.78, 5) is 24.7.